The van der Waals surface area contributed by atoms with Gasteiger partial charge in [-0.1, -0.05) is 0 Å². The highest BCUT2D eigenvalue weighted by Crippen LogP contribution is 2.35. The molecule has 1 aromatic carbocycles. The average Bonchev–Trinajstić information content (AvgIpc) is 2.90. The largest absolute Gasteiger partial charge is 0.494 e. The third-order valence-corrected chi connectivity index (χ3v) is 4.52. The molecular formula is C19H28N2O4. The van der Waals surface area contributed by atoms with E-state index in [0.717, 1.165) is 23.5 Å². The van der Waals surface area contributed by atoms with E-state index in [1.807, 2.05) is 37.8 Å². The van der Waals surface area contributed by atoms with Crippen LogP contribution in [0.2, 0.25) is 0 Å². The Morgan fingerprint density at radius 1 is 1.24 bits per heavy atom. The van der Waals surface area contributed by atoms with E-state index in [9.17, 15) is 4.79 Å². The van der Waals surface area contributed by atoms with Gasteiger partial charge >= 0.3 is 6.03 Å². The Kier molecular flexibility index (Phi) is 5.37. The van der Waals surface area contributed by atoms with Gasteiger partial charge in [-0.3, -0.25) is 0 Å². The first-order valence-corrected chi connectivity index (χ1v) is 9.09. The first kappa shape index (κ1) is 17.9. The SMILES string of the molecule is CCOc1cc2c(cc1CNC(=O)N1CC(C)OC(C)C1)OC(C)C2. The molecule has 3 rings (SSSR count). The van der Waals surface area contributed by atoms with Gasteiger partial charge in [-0.15, -0.1) is 0 Å². The number of carbonyl (C=O) groups is 1. The maximum Gasteiger partial charge on any atom is 0.317 e. The highest BCUT2D eigenvalue weighted by atomic mass is 16.5. The van der Waals surface area contributed by atoms with Crippen molar-refractivity contribution in [2.45, 2.75) is 59.0 Å². The minimum atomic E-state index is -0.0702. The predicted molar refractivity (Wildman–Crippen MR) is 95.2 cm³/mol. The molecule has 2 aliphatic rings. The lowest BCUT2D eigenvalue weighted by atomic mass is 10.1. The number of urea groups is 1. The Labute approximate surface area is 149 Å². The second kappa shape index (κ2) is 7.52. The number of hydrogen-bond acceptors (Lipinski definition) is 4. The summed E-state index contributed by atoms with van der Waals surface area (Å²) in [5.74, 6) is 1.72. The van der Waals surface area contributed by atoms with Gasteiger partial charge in [-0.05, 0) is 39.8 Å². The monoisotopic (exact) mass is 348 g/mol. The summed E-state index contributed by atoms with van der Waals surface area (Å²) in [5.41, 5.74) is 2.11. The summed E-state index contributed by atoms with van der Waals surface area (Å²) in [4.78, 5) is 14.3. The molecule has 0 spiro atoms. The van der Waals surface area contributed by atoms with Gasteiger partial charge in [0.15, 0.2) is 0 Å². The van der Waals surface area contributed by atoms with Gasteiger partial charge in [0.1, 0.15) is 17.6 Å². The standard InChI is InChI=1S/C19H28N2O4/c1-5-23-17-7-15-6-12(2)25-18(15)8-16(17)9-20-19(22)21-10-13(3)24-14(4)11-21/h7-8,12-14H,5-6,9-11H2,1-4H3,(H,20,22). The molecule has 1 aromatic rings. The number of nitrogens with one attached hydrogen (secondary N) is 1. The predicted octanol–water partition coefficient (Wildman–Crippen LogP) is 2.73. The van der Waals surface area contributed by atoms with Crippen LogP contribution < -0.4 is 14.8 Å². The second-order valence-electron chi connectivity index (χ2n) is 6.95. The number of nitrogens with zero attached hydrogens (tertiary/aromatic N) is 1. The van der Waals surface area contributed by atoms with Crippen LogP contribution in [-0.2, 0) is 17.7 Å². The number of rotatable bonds is 4. The fraction of sp³-hybridized carbons (Fsp3) is 0.632. The summed E-state index contributed by atoms with van der Waals surface area (Å²) in [5, 5.41) is 3.01. The van der Waals surface area contributed by atoms with Gasteiger partial charge in [0.05, 0.1) is 18.8 Å². The minimum absolute atomic E-state index is 0.0587. The topological polar surface area (TPSA) is 60.0 Å². The molecule has 0 aliphatic carbocycles. The maximum absolute atomic E-state index is 12.5. The summed E-state index contributed by atoms with van der Waals surface area (Å²) in [6.07, 6.45) is 1.20. The van der Waals surface area contributed by atoms with Gasteiger partial charge in [0, 0.05) is 37.2 Å². The van der Waals surface area contributed by atoms with Crippen molar-refractivity contribution in [2.24, 2.45) is 0 Å². The van der Waals surface area contributed by atoms with Crippen LogP contribution in [0.3, 0.4) is 0 Å². The molecule has 3 unspecified atom stereocenters. The number of ether oxygens (including phenoxy) is 3. The van der Waals surface area contributed by atoms with Crippen molar-refractivity contribution >= 4 is 6.03 Å². The summed E-state index contributed by atoms with van der Waals surface area (Å²) in [7, 11) is 0. The van der Waals surface area contributed by atoms with Crippen LogP contribution in [0.1, 0.15) is 38.8 Å². The first-order chi connectivity index (χ1) is 12.0. The average molecular weight is 348 g/mol. The Morgan fingerprint density at radius 2 is 1.96 bits per heavy atom. The van der Waals surface area contributed by atoms with Gasteiger partial charge in [0.25, 0.3) is 0 Å². The number of hydrogen-bond donors (Lipinski definition) is 1. The lowest BCUT2D eigenvalue weighted by Crippen LogP contribution is -2.51. The minimum Gasteiger partial charge on any atom is -0.494 e. The maximum atomic E-state index is 12.5. The Hall–Kier alpha value is -1.95. The molecule has 2 aliphatic heterocycles. The van der Waals surface area contributed by atoms with E-state index < -0.39 is 0 Å². The second-order valence-corrected chi connectivity index (χ2v) is 6.95. The summed E-state index contributed by atoms with van der Waals surface area (Å²) < 4.78 is 17.3. The zero-order chi connectivity index (χ0) is 18.0. The number of benzene rings is 1. The van der Waals surface area contributed by atoms with E-state index in [4.69, 9.17) is 14.2 Å². The molecular weight excluding hydrogens is 320 g/mol. The van der Waals surface area contributed by atoms with Gasteiger partial charge < -0.3 is 24.4 Å². The normalized spacial score (nSPS) is 25.3. The summed E-state index contributed by atoms with van der Waals surface area (Å²) >= 11 is 0. The number of amides is 2. The fourth-order valence-corrected chi connectivity index (χ4v) is 3.54. The molecule has 25 heavy (non-hydrogen) atoms. The molecule has 0 saturated carbocycles. The molecule has 2 heterocycles. The first-order valence-electron chi connectivity index (χ1n) is 9.09. The van der Waals surface area contributed by atoms with E-state index in [1.54, 1.807) is 0 Å². The van der Waals surface area contributed by atoms with Crippen molar-refractivity contribution in [2.75, 3.05) is 19.7 Å². The molecule has 0 aromatic heterocycles. The van der Waals surface area contributed by atoms with Crippen LogP contribution >= 0.6 is 0 Å². The van der Waals surface area contributed by atoms with Gasteiger partial charge in [0.2, 0.25) is 0 Å². The van der Waals surface area contributed by atoms with Gasteiger partial charge in [-0.25, -0.2) is 4.79 Å². The number of morpholine rings is 1. The highest BCUT2D eigenvalue weighted by Gasteiger charge is 2.26. The molecule has 0 bridgehead atoms. The van der Waals surface area contributed by atoms with E-state index in [-0.39, 0.29) is 24.3 Å². The molecule has 1 fully saturated rings. The van der Waals surface area contributed by atoms with Crippen molar-refractivity contribution in [1.82, 2.24) is 10.2 Å². The van der Waals surface area contributed by atoms with E-state index in [1.165, 1.54) is 5.56 Å². The van der Waals surface area contributed by atoms with E-state index in [2.05, 4.69) is 12.2 Å². The number of carbonyl (C=O) groups excluding carboxylic acids is 1. The molecule has 3 atom stereocenters. The zero-order valence-corrected chi connectivity index (χ0v) is 15.5. The molecule has 1 N–H and O–H groups in total. The molecule has 1 saturated heterocycles. The van der Waals surface area contributed by atoms with Crippen molar-refractivity contribution in [1.29, 1.82) is 0 Å². The fourth-order valence-electron chi connectivity index (χ4n) is 3.54. The Balaban J connectivity index is 1.68. The van der Waals surface area contributed by atoms with Crippen LogP contribution in [0.15, 0.2) is 12.1 Å². The van der Waals surface area contributed by atoms with Crippen LogP contribution in [0.4, 0.5) is 4.79 Å². The molecule has 0 radical (unpaired) electrons. The summed E-state index contributed by atoms with van der Waals surface area (Å²) in [6, 6.07) is 3.97. The van der Waals surface area contributed by atoms with E-state index in [0.29, 0.717) is 26.2 Å². The molecule has 2 amide bonds. The van der Waals surface area contributed by atoms with Crippen molar-refractivity contribution < 1.29 is 19.0 Å². The molecule has 6 nitrogen and oxygen atoms in total. The zero-order valence-electron chi connectivity index (χ0n) is 15.5. The summed E-state index contributed by atoms with van der Waals surface area (Å²) in [6.45, 7) is 10.2. The quantitative estimate of drug-likeness (QED) is 0.909. The van der Waals surface area contributed by atoms with Crippen molar-refractivity contribution in [3.05, 3.63) is 23.3 Å². The van der Waals surface area contributed by atoms with Gasteiger partial charge in [-0.2, -0.15) is 0 Å². The number of fused-ring (bicyclic) bond motifs is 1. The lowest BCUT2D eigenvalue weighted by molar-refractivity contribution is -0.0545. The molecule has 138 valence electrons. The Bertz CT molecular complexity index is 624. The van der Waals surface area contributed by atoms with E-state index >= 15 is 0 Å². The lowest BCUT2D eigenvalue weighted by Gasteiger charge is -2.35. The highest BCUT2D eigenvalue weighted by molar-refractivity contribution is 5.74. The molecule has 6 heteroatoms. The van der Waals surface area contributed by atoms with Crippen molar-refractivity contribution in [3.8, 4) is 11.5 Å². The van der Waals surface area contributed by atoms with Crippen molar-refractivity contribution in [3.63, 3.8) is 0 Å². The Morgan fingerprint density at radius 3 is 2.64 bits per heavy atom. The van der Waals surface area contributed by atoms with Crippen LogP contribution in [0, 0.1) is 0 Å². The van der Waals surface area contributed by atoms with Crippen LogP contribution in [0.5, 0.6) is 11.5 Å². The van der Waals surface area contributed by atoms with Crippen LogP contribution in [0.25, 0.3) is 0 Å². The third-order valence-electron chi connectivity index (χ3n) is 4.52. The van der Waals surface area contributed by atoms with Crippen LogP contribution in [-0.4, -0.2) is 48.9 Å². The third kappa shape index (κ3) is 4.18. The smallest absolute Gasteiger partial charge is 0.317 e.